The van der Waals surface area contributed by atoms with Gasteiger partial charge in [-0.15, -0.1) is 0 Å². The van der Waals surface area contributed by atoms with Gasteiger partial charge in [-0.1, -0.05) is 48.5 Å². The Balaban J connectivity index is 2.10. The van der Waals surface area contributed by atoms with Gasteiger partial charge in [0.25, 0.3) is 6.36 Å². The summed E-state index contributed by atoms with van der Waals surface area (Å²) in [7, 11) is 0. The van der Waals surface area contributed by atoms with Crippen LogP contribution in [0.4, 0.5) is 4.39 Å². The minimum absolute atomic E-state index is 0.573. The number of alkyl halides is 1. The maximum Gasteiger partial charge on any atom is 0.264 e. The van der Waals surface area contributed by atoms with Crippen LogP contribution < -0.4 is 4.74 Å². The second-order valence-corrected chi connectivity index (χ2v) is 3.94. The predicted octanol–water partition coefficient (Wildman–Crippen LogP) is 3.92. The van der Waals surface area contributed by atoms with Crippen LogP contribution >= 0.6 is 0 Å². The molecule has 0 amide bonds. The molecule has 2 aromatic rings. The number of hydrogen-bond acceptors (Lipinski definition) is 1. The first-order valence-electron chi connectivity index (χ1n) is 5.51. The lowest BCUT2D eigenvalue weighted by atomic mass is 10.0. The van der Waals surface area contributed by atoms with Crippen LogP contribution in [0.3, 0.4) is 0 Å². The van der Waals surface area contributed by atoms with Crippen molar-refractivity contribution in [2.75, 3.05) is 0 Å². The van der Waals surface area contributed by atoms with E-state index in [0.717, 1.165) is 11.1 Å². The van der Waals surface area contributed by atoms with E-state index in [1.54, 1.807) is 6.07 Å². The molecular formula is C15H11FO. The largest absolute Gasteiger partial charge is 0.456 e. The van der Waals surface area contributed by atoms with Crippen molar-refractivity contribution in [3.8, 4) is 5.75 Å². The van der Waals surface area contributed by atoms with Crippen molar-refractivity contribution >= 4 is 11.6 Å². The minimum Gasteiger partial charge on any atom is -0.456 e. The Bertz CT molecular complexity index is 560. The van der Waals surface area contributed by atoms with Gasteiger partial charge in [-0.2, -0.15) is 4.39 Å². The van der Waals surface area contributed by atoms with E-state index in [2.05, 4.69) is 0 Å². The van der Waals surface area contributed by atoms with E-state index in [9.17, 15) is 4.39 Å². The molecule has 1 atom stereocenters. The van der Waals surface area contributed by atoms with E-state index < -0.39 is 6.36 Å². The van der Waals surface area contributed by atoms with Crippen LogP contribution in [0.1, 0.15) is 11.1 Å². The number of halogens is 1. The van der Waals surface area contributed by atoms with E-state index in [1.807, 2.05) is 54.6 Å². The van der Waals surface area contributed by atoms with E-state index in [0.29, 0.717) is 11.3 Å². The number of fused-ring (bicyclic) bond motifs is 1. The van der Waals surface area contributed by atoms with Crippen molar-refractivity contribution < 1.29 is 9.13 Å². The van der Waals surface area contributed by atoms with Gasteiger partial charge in [-0.25, -0.2) is 0 Å². The molecule has 1 heterocycles. The molecular weight excluding hydrogens is 215 g/mol. The fraction of sp³-hybridized carbons (Fsp3) is 0.0667. The summed E-state index contributed by atoms with van der Waals surface area (Å²) in [4.78, 5) is 0. The van der Waals surface area contributed by atoms with Crippen molar-refractivity contribution in [2.24, 2.45) is 0 Å². The van der Waals surface area contributed by atoms with Crippen molar-refractivity contribution in [1.82, 2.24) is 0 Å². The molecule has 1 aliphatic rings. The Labute approximate surface area is 99.2 Å². The molecule has 0 N–H and O–H groups in total. The monoisotopic (exact) mass is 226 g/mol. The summed E-state index contributed by atoms with van der Waals surface area (Å²) in [6.07, 6.45) is 0.450. The molecule has 0 bridgehead atoms. The summed E-state index contributed by atoms with van der Waals surface area (Å²) < 4.78 is 19.2. The molecule has 0 spiro atoms. The number of ether oxygens (including phenoxy) is 1. The van der Waals surface area contributed by atoms with Crippen LogP contribution in [-0.4, -0.2) is 6.36 Å². The number of para-hydroxylation sites is 1. The first-order valence-corrected chi connectivity index (χ1v) is 5.51. The molecule has 0 aliphatic carbocycles. The quantitative estimate of drug-likeness (QED) is 0.716. The summed E-state index contributed by atoms with van der Waals surface area (Å²) >= 11 is 0. The van der Waals surface area contributed by atoms with E-state index >= 15 is 0 Å². The van der Waals surface area contributed by atoms with Crippen LogP contribution in [0.2, 0.25) is 0 Å². The van der Waals surface area contributed by atoms with Gasteiger partial charge in [-0.3, -0.25) is 0 Å². The number of benzene rings is 2. The first kappa shape index (κ1) is 10.1. The van der Waals surface area contributed by atoms with E-state index in [1.165, 1.54) is 0 Å². The van der Waals surface area contributed by atoms with Crippen LogP contribution in [0.15, 0.2) is 54.6 Å². The maximum absolute atomic E-state index is 13.9. The van der Waals surface area contributed by atoms with Gasteiger partial charge < -0.3 is 4.74 Å². The molecule has 3 rings (SSSR count). The lowest BCUT2D eigenvalue weighted by Gasteiger charge is -2.21. The highest BCUT2D eigenvalue weighted by Gasteiger charge is 2.22. The molecule has 1 nitrogen and oxygen atoms in total. The molecule has 2 heteroatoms. The first-order chi connectivity index (χ1) is 8.34. The third kappa shape index (κ3) is 1.82. The van der Waals surface area contributed by atoms with Gasteiger partial charge in [0.15, 0.2) is 0 Å². The fourth-order valence-corrected chi connectivity index (χ4v) is 1.96. The highest BCUT2D eigenvalue weighted by molar-refractivity contribution is 5.86. The van der Waals surface area contributed by atoms with Gasteiger partial charge in [0.1, 0.15) is 5.75 Å². The summed E-state index contributed by atoms with van der Waals surface area (Å²) in [5.74, 6) is 0.597. The molecule has 0 radical (unpaired) electrons. The van der Waals surface area contributed by atoms with Crippen molar-refractivity contribution in [3.05, 3.63) is 65.7 Å². The second-order valence-electron chi connectivity index (χ2n) is 3.94. The fourth-order valence-electron chi connectivity index (χ4n) is 1.96. The molecule has 0 saturated heterocycles. The zero-order valence-corrected chi connectivity index (χ0v) is 9.14. The van der Waals surface area contributed by atoms with E-state index in [4.69, 9.17) is 4.74 Å². The molecule has 1 unspecified atom stereocenters. The highest BCUT2D eigenvalue weighted by Crippen LogP contribution is 2.34. The normalized spacial score (nSPS) is 17.9. The van der Waals surface area contributed by atoms with Crippen LogP contribution in [0.5, 0.6) is 5.75 Å². The topological polar surface area (TPSA) is 9.23 Å². The molecule has 84 valence electrons. The predicted molar refractivity (Wildman–Crippen MR) is 66.3 cm³/mol. The lowest BCUT2D eigenvalue weighted by Crippen LogP contribution is -2.16. The third-order valence-electron chi connectivity index (χ3n) is 2.81. The molecule has 1 aliphatic heterocycles. The summed E-state index contributed by atoms with van der Waals surface area (Å²) in [5.41, 5.74) is 2.35. The Morgan fingerprint density at radius 3 is 2.41 bits per heavy atom. The molecule has 17 heavy (non-hydrogen) atoms. The van der Waals surface area contributed by atoms with Gasteiger partial charge in [0.2, 0.25) is 0 Å². The number of hydrogen-bond donors (Lipinski definition) is 0. The molecule has 0 aromatic heterocycles. The Hall–Kier alpha value is -2.09. The molecule has 0 fully saturated rings. The van der Waals surface area contributed by atoms with Gasteiger partial charge >= 0.3 is 0 Å². The average Bonchev–Trinajstić information content (AvgIpc) is 2.39. The van der Waals surface area contributed by atoms with Crippen LogP contribution in [0, 0.1) is 0 Å². The van der Waals surface area contributed by atoms with Gasteiger partial charge in [-0.05, 0) is 17.7 Å². The SMILES string of the molecule is FC1Oc2ccccc2C=C1c1ccccc1. The summed E-state index contributed by atoms with van der Waals surface area (Å²) in [5, 5.41) is 0. The van der Waals surface area contributed by atoms with Crippen molar-refractivity contribution in [3.63, 3.8) is 0 Å². The Morgan fingerprint density at radius 1 is 0.882 bits per heavy atom. The molecule has 2 aromatic carbocycles. The Kier molecular flexibility index (Phi) is 2.41. The highest BCUT2D eigenvalue weighted by atomic mass is 19.1. The number of rotatable bonds is 1. The van der Waals surface area contributed by atoms with Crippen LogP contribution in [0.25, 0.3) is 11.6 Å². The molecule has 0 saturated carbocycles. The van der Waals surface area contributed by atoms with Crippen molar-refractivity contribution in [2.45, 2.75) is 6.36 Å². The van der Waals surface area contributed by atoms with Crippen LogP contribution in [-0.2, 0) is 0 Å². The minimum atomic E-state index is -1.40. The zero-order chi connectivity index (χ0) is 11.7. The Morgan fingerprint density at radius 2 is 1.59 bits per heavy atom. The maximum atomic E-state index is 13.9. The summed E-state index contributed by atoms with van der Waals surface area (Å²) in [6.45, 7) is 0. The summed E-state index contributed by atoms with van der Waals surface area (Å²) in [6, 6.07) is 16.9. The standard InChI is InChI=1S/C15H11FO/c16-15-13(11-6-2-1-3-7-11)10-12-8-4-5-9-14(12)17-15/h1-10,15H. The smallest absolute Gasteiger partial charge is 0.264 e. The zero-order valence-electron chi connectivity index (χ0n) is 9.14. The third-order valence-corrected chi connectivity index (χ3v) is 2.81. The van der Waals surface area contributed by atoms with Gasteiger partial charge in [0.05, 0.1) is 0 Å². The van der Waals surface area contributed by atoms with Gasteiger partial charge in [0, 0.05) is 11.1 Å². The average molecular weight is 226 g/mol. The van der Waals surface area contributed by atoms with Crippen molar-refractivity contribution in [1.29, 1.82) is 0 Å². The second kappa shape index (κ2) is 4.06. The van der Waals surface area contributed by atoms with E-state index in [-0.39, 0.29) is 0 Å². The lowest BCUT2D eigenvalue weighted by molar-refractivity contribution is 0.121.